The van der Waals surface area contributed by atoms with Crippen molar-refractivity contribution < 1.29 is 9.84 Å². The molecule has 0 amide bonds. The molecule has 1 heterocycles. The molecule has 1 atom stereocenters. The molecule has 1 unspecified atom stereocenters. The molecule has 0 radical (unpaired) electrons. The van der Waals surface area contributed by atoms with Crippen molar-refractivity contribution in [3.8, 4) is 0 Å². The minimum atomic E-state index is -0.218. The van der Waals surface area contributed by atoms with Gasteiger partial charge in [-0.2, -0.15) is 0 Å². The van der Waals surface area contributed by atoms with Crippen LogP contribution < -0.4 is 5.32 Å². The molecule has 1 rings (SSSR count). The fourth-order valence-electron chi connectivity index (χ4n) is 2.21. The predicted octanol–water partition coefficient (Wildman–Crippen LogP) is 1.78. The van der Waals surface area contributed by atoms with E-state index in [4.69, 9.17) is 9.84 Å². The van der Waals surface area contributed by atoms with Gasteiger partial charge in [-0.05, 0) is 46.6 Å². The monoisotopic (exact) mass is 312 g/mol. The summed E-state index contributed by atoms with van der Waals surface area (Å²) < 4.78 is 6.87. The molecule has 1 aromatic rings. The van der Waals surface area contributed by atoms with Crippen LogP contribution in [0.2, 0.25) is 0 Å². The summed E-state index contributed by atoms with van der Waals surface area (Å²) in [6.07, 6.45) is 7.51. The quantitative estimate of drug-likeness (QED) is 0.609. The SMILES string of the molecule is COC(CO)Cn1cc(CCCCCCNC(C)(C)C)nn1. The molecule has 128 valence electrons. The summed E-state index contributed by atoms with van der Waals surface area (Å²) in [4.78, 5) is 0. The van der Waals surface area contributed by atoms with E-state index >= 15 is 0 Å². The van der Waals surface area contributed by atoms with Gasteiger partial charge in [-0.15, -0.1) is 5.10 Å². The molecule has 6 nitrogen and oxygen atoms in total. The molecular weight excluding hydrogens is 280 g/mol. The van der Waals surface area contributed by atoms with Crippen molar-refractivity contribution in [3.05, 3.63) is 11.9 Å². The fourth-order valence-corrected chi connectivity index (χ4v) is 2.21. The largest absolute Gasteiger partial charge is 0.394 e. The fraction of sp³-hybridized carbons (Fsp3) is 0.875. The molecule has 0 bridgehead atoms. The van der Waals surface area contributed by atoms with E-state index in [0.717, 1.165) is 25.1 Å². The van der Waals surface area contributed by atoms with Crippen molar-refractivity contribution in [1.82, 2.24) is 20.3 Å². The van der Waals surface area contributed by atoms with Gasteiger partial charge in [0.2, 0.25) is 0 Å². The van der Waals surface area contributed by atoms with Crippen molar-refractivity contribution in [2.45, 2.75) is 71.1 Å². The molecule has 0 saturated heterocycles. The van der Waals surface area contributed by atoms with Crippen LogP contribution in [0.1, 0.15) is 52.1 Å². The van der Waals surface area contributed by atoms with Crippen molar-refractivity contribution in [2.24, 2.45) is 0 Å². The summed E-state index contributed by atoms with van der Waals surface area (Å²) in [7, 11) is 1.59. The molecule has 0 saturated carbocycles. The Morgan fingerprint density at radius 1 is 1.27 bits per heavy atom. The number of hydrogen-bond acceptors (Lipinski definition) is 5. The number of nitrogens with zero attached hydrogens (tertiary/aromatic N) is 3. The van der Waals surface area contributed by atoms with Crippen LogP contribution in [-0.4, -0.2) is 52.0 Å². The molecular formula is C16H32N4O2. The van der Waals surface area contributed by atoms with E-state index in [1.54, 1.807) is 11.8 Å². The second-order valence-corrected chi connectivity index (χ2v) is 6.81. The Hall–Kier alpha value is -0.980. The highest BCUT2D eigenvalue weighted by Crippen LogP contribution is 2.07. The summed E-state index contributed by atoms with van der Waals surface area (Å²) >= 11 is 0. The molecule has 0 aliphatic carbocycles. The number of aliphatic hydroxyl groups is 1. The number of unbranched alkanes of at least 4 members (excludes halogenated alkanes) is 3. The topological polar surface area (TPSA) is 72.2 Å². The summed E-state index contributed by atoms with van der Waals surface area (Å²) in [5.74, 6) is 0. The number of rotatable bonds is 11. The first-order valence-electron chi connectivity index (χ1n) is 8.22. The Labute approximate surface area is 134 Å². The van der Waals surface area contributed by atoms with Gasteiger partial charge in [0.05, 0.1) is 24.9 Å². The highest BCUT2D eigenvalue weighted by Gasteiger charge is 2.09. The third-order valence-electron chi connectivity index (χ3n) is 3.53. The molecule has 2 N–H and O–H groups in total. The second kappa shape index (κ2) is 9.92. The van der Waals surface area contributed by atoms with Crippen molar-refractivity contribution in [3.63, 3.8) is 0 Å². The average Bonchev–Trinajstić information content (AvgIpc) is 2.90. The van der Waals surface area contributed by atoms with E-state index in [1.165, 1.54) is 19.3 Å². The van der Waals surface area contributed by atoms with Crippen molar-refractivity contribution in [2.75, 3.05) is 20.3 Å². The smallest absolute Gasteiger partial charge is 0.0997 e. The molecule has 0 aromatic carbocycles. The van der Waals surface area contributed by atoms with Crippen LogP contribution in [0.5, 0.6) is 0 Å². The zero-order valence-corrected chi connectivity index (χ0v) is 14.5. The number of nitrogens with one attached hydrogen (secondary N) is 1. The van der Waals surface area contributed by atoms with Crippen LogP contribution in [0.3, 0.4) is 0 Å². The first kappa shape index (κ1) is 19.1. The number of methoxy groups -OCH3 is 1. The molecule has 6 heteroatoms. The highest BCUT2D eigenvalue weighted by molar-refractivity contribution is 4.92. The number of hydrogen-bond donors (Lipinski definition) is 2. The second-order valence-electron chi connectivity index (χ2n) is 6.81. The third-order valence-corrected chi connectivity index (χ3v) is 3.53. The minimum Gasteiger partial charge on any atom is -0.394 e. The maximum Gasteiger partial charge on any atom is 0.0997 e. The van der Waals surface area contributed by atoms with Gasteiger partial charge in [-0.1, -0.05) is 18.1 Å². The van der Waals surface area contributed by atoms with Crippen LogP contribution in [-0.2, 0) is 17.7 Å². The number of aliphatic hydroxyl groups excluding tert-OH is 1. The van der Waals surface area contributed by atoms with E-state index < -0.39 is 0 Å². The van der Waals surface area contributed by atoms with E-state index in [1.807, 2.05) is 6.20 Å². The van der Waals surface area contributed by atoms with E-state index in [0.29, 0.717) is 6.54 Å². The van der Waals surface area contributed by atoms with Crippen LogP contribution in [0.15, 0.2) is 6.20 Å². The predicted molar refractivity (Wildman–Crippen MR) is 87.8 cm³/mol. The highest BCUT2D eigenvalue weighted by atomic mass is 16.5. The normalized spacial score (nSPS) is 13.5. The van der Waals surface area contributed by atoms with E-state index in [9.17, 15) is 0 Å². The van der Waals surface area contributed by atoms with Crippen molar-refractivity contribution in [1.29, 1.82) is 0 Å². The van der Waals surface area contributed by atoms with Crippen molar-refractivity contribution >= 4 is 0 Å². The number of ether oxygens (including phenoxy) is 1. The van der Waals surface area contributed by atoms with Gasteiger partial charge in [0.15, 0.2) is 0 Å². The van der Waals surface area contributed by atoms with Gasteiger partial charge >= 0.3 is 0 Å². The van der Waals surface area contributed by atoms with Crippen LogP contribution in [0, 0.1) is 0 Å². The maximum atomic E-state index is 9.10. The first-order chi connectivity index (χ1) is 10.4. The minimum absolute atomic E-state index is 0.00566. The van der Waals surface area contributed by atoms with E-state index in [2.05, 4.69) is 36.4 Å². The molecule has 0 aliphatic heterocycles. The lowest BCUT2D eigenvalue weighted by Gasteiger charge is -2.20. The van der Waals surface area contributed by atoms with Gasteiger partial charge in [-0.25, -0.2) is 4.68 Å². The van der Waals surface area contributed by atoms with Gasteiger partial charge in [0.25, 0.3) is 0 Å². The zero-order valence-electron chi connectivity index (χ0n) is 14.5. The lowest BCUT2D eigenvalue weighted by atomic mass is 10.1. The average molecular weight is 312 g/mol. The van der Waals surface area contributed by atoms with E-state index in [-0.39, 0.29) is 18.2 Å². The number of aromatic nitrogens is 3. The standard InChI is InChI=1S/C16H32N4O2/c1-16(2,3)17-10-8-6-5-7-9-14-11-20(19-18-14)12-15(13-21)22-4/h11,15,17,21H,5-10,12-13H2,1-4H3. The molecule has 1 aromatic heterocycles. The lowest BCUT2D eigenvalue weighted by molar-refractivity contribution is 0.0345. The van der Waals surface area contributed by atoms with Crippen LogP contribution in [0.25, 0.3) is 0 Å². The molecule has 0 fully saturated rings. The van der Waals surface area contributed by atoms with Crippen LogP contribution in [0.4, 0.5) is 0 Å². The Balaban J connectivity index is 2.12. The lowest BCUT2D eigenvalue weighted by Crippen LogP contribution is -2.36. The van der Waals surface area contributed by atoms with Gasteiger partial charge in [-0.3, -0.25) is 0 Å². The van der Waals surface area contributed by atoms with Crippen LogP contribution >= 0.6 is 0 Å². The molecule has 0 aliphatic rings. The van der Waals surface area contributed by atoms with Gasteiger partial charge < -0.3 is 15.2 Å². The Kier molecular flexibility index (Phi) is 8.60. The summed E-state index contributed by atoms with van der Waals surface area (Å²) in [6.45, 7) is 8.20. The zero-order chi connectivity index (χ0) is 16.4. The summed E-state index contributed by atoms with van der Waals surface area (Å²) in [5.41, 5.74) is 1.23. The first-order valence-corrected chi connectivity index (χ1v) is 8.22. The summed E-state index contributed by atoms with van der Waals surface area (Å²) in [6, 6.07) is 0. The maximum absolute atomic E-state index is 9.10. The third kappa shape index (κ3) is 8.46. The molecule has 0 spiro atoms. The Morgan fingerprint density at radius 2 is 2.00 bits per heavy atom. The Morgan fingerprint density at radius 3 is 2.64 bits per heavy atom. The summed E-state index contributed by atoms with van der Waals surface area (Å²) in [5, 5.41) is 20.8. The van der Waals surface area contributed by atoms with Gasteiger partial charge in [0, 0.05) is 18.8 Å². The van der Waals surface area contributed by atoms with Gasteiger partial charge in [0.1, 0.15) is 0 Å². The molecule has 22 heavy (non-hydrogen) atoms. The Bertz CT molecular complexity index is 397. The number of aryl methyl sites for hydroxylation is 1.